The molecule has 1 aliphatic rings. The largest absolute Gasteiger partial charge is 0.508 e. The molecule has 4 rings (SSSR count). The zero-order valence-electron chi connectivity index (χ0n) is 16.6. The van der Waals surface area contributed by atoms with Gasteiger partial charge in [0.25, 0.3) is 0 Å². The van der Waals surface area contributed by atoms with Crippen molar-refractivity contribution >= 4 is 10.9 Å². The van der Waals surface area contributed by atoms with E-state index in [0.29, 0.717) is 6.61 Å². The minimum absolute atomic E-state index is 0.262. The number of phenols is 1. The number of likely N-dealkylation sites (tertiary alicyclic amines) is 1. The molecule has 2 aromatic carbocycles. The SMILES string of the molecule is COc1cccc(-c2c(C)c3cc(O)ccc3n2OCCN2CCCCC2)c1. The Kier molecular flexibility index (Phi) is 5.44. The highest BCUT2D eigenvalue weighted by atomic mass is 16.7. The summed E-state index contributed by atoms with van der Waals surface area (Å²) in [7, 11) is 1.68. The van der Waals surface area contributed by atoms with Crippen molar-refractivity contribution in [2.24, 2.45) is 0 Å². The summed E-state index contributed by atoms with van der Waals surface area (Å²) in [5.41, 5.74) is 4.08. The monoisotopic (exact) mass is 380 g/mol. The topological polar surface area (TPSA) is 46.9 Å². The fourth-order valence-corrected chi connectivity index (χ4v) is 4.08. The molecule has 1 aliphatic heterocycles. The molecule has 1 fully saturated rings. The van der Waals surface area contributed by atoms with Crippen molar-refractivity contribution < 1.29 is 14.7 Å². The summed E-state index contributed by atoms with van der Waals surface area (Å²) in [5, 5.41) is 11.0. The van der Waals surface area contributed by atoms with E-state index >= 15 is 0 Å². The Morgan fingerprint density at radius 3 is 2.64 bits per heavy atom. The lowest BCUT2D eigenvalue weighted by Gasteiger charge is -2.26. The Bertz CT molecular complexity index is 958. The van der Waals surface area contributed by atoms with Gasteiger partial charge in [0.2, 0.25) is 0 Å². The lowest BCUT2D eigenvalue weighted by atomic mass is 10.1. The zero-order chi connectivity index (χ0) is 19.5. The van der Waals surface area contributed by atoms with Gasteiger partial charge in [-0.25, -0.2) is 0 Å². The zero-order valence-corrected chi connectivity index (χ0v) is 16.6. The number of nitrogens with zero attached hydrogens (tertiary/aromatic N) is 2. The van der Waals surface area contributed by atoms with Crippen LogP contribution in [-0.4, -0.2) is 48.1 Å². The van der Waals surface area contributed by atoms with Crippen LogP contribution < -0.4 is 9.57 Å². The van der Waals surface area contributed by atoms with E-state index in [-0.39, 0.29) is 5.75 Å². The Hall–Kier alpha value is -2.66. The van der Waals surface area contributed by atoms with Crippen molar-refractivity contribution in [1.82, 2.24) is 9.63 Å². The molecular formula is C23H28N2O3. The minimum Gasteiger partial charge on any atom is -0.508 e. The molecule has 0 radical (unpaired) electrons. The van der Waals surface area contributed by atoms with E-state index in [1.54, 1.807) is 19.2 Å². The van der Waals surface area contributed by atoms with Gasteiger partial charge < -0.3 is 14.7 Å². The van der Waals surface area contributed by atoms with Crippen LogP contribution in [0.3, 0.4) is 0 Å². The van der Waals surface area contributed by atoms with E-state index in [1.807, 2.05) is 29.0 Å². The summed E-state index contributed by atoms with van der Waals surface area (Å²) in [6, 6.07) is 13.4. The number of aromatic nitrogens is 1. The maximum atomic E-state index is 9.98. The maximum Gasteiger partial charge on any atom is 0.127 e. The normalized spacial score (nSPS) is 15.1. The molecule has 0 atom stereocenters. The lowest BCUT2D eigenvalue weighted by molar-refractivity contribution is 0.0900. The van der Waals surface area contributed by atoms with Gasteiger partial charge in [-0.3, -0.25) is 4.90 Å². The first-order chi connectivity index (χ1) is 13.7. The molecule has 0 saturated carbocycles. The summed E-state index contributed by atoms with van der Waals surface area (Å²) in [6.45, 7) is 5.94. The summed E-state index contributed by atoms with van der Waals surface area (Å²) in [5.74, 6) is 1.07. The summed E-state index contributed by atoms with van der Waals surface area (Å²) in [6.07, 6.45) is 3.89. The average molecular weight is 380 g/mol. The van der Waals surface area contributed by atoms with Crippen molar-refractivity contribution in [3.05, 3.63) is 48.0 Å². The summed E-state index contributed by atoms with van der Waals surface area (Å²) < 4.78 is 7.33. The molecule has 1 aromatic heterocycles. The Morgan fingerprint density at radius 1 is 1.04 bits per heavy atom. The second-order valence-electron chi connectivity index (χ2n) is 7.44. The third-order valence-corrected chi connectivity index (χ3v) is 5.58. The quantitative estimate of drug-likeness (QED) is 0.695. The van der Waals surface area contributed by atoms with Gasteiger partial charge in [0.15, 0.2) is 0 Å². The van der Waals surface area contributed by atoms with Gasteiger partial charge in [-0.15, -0.1) is 0 Å². The molecule has 0 amide bonds. The van der Waals surface area contributed by atoms with E-state index < -0.39 is 0 Å². The second kappa shape index (κ2) is 8.15. The van der Waals surface area contributed by atoms with E-state index in [9.17, 15) is 5.11 Å². The average Bonchev–Trinajstić information content (AvgIpc) is 3.00. The van der Waals surface area contributed by atoms with Gasteiger partial charge in [-0.1, -0.05) is 18.6 Å². The molecule has 1 N–H and O–H groups in total. The van der Waals surface area contributed by atoms with Gasteiger partial charge in [0.1, 0.15) is 18.1 Å². The van der Waals surface area contributed by atoms with Crippen molar-refractivity contribution in [2.75, 3.05) is 33.4 Å². The van der Waals surface area contributed by atoms with Crippen LogP contribution in [0.5, 0.6) is 11.5 Å². The van der Waals surface area contributed by atoms with Crippen molar-refractivity contribution in [2.45, 2.75) is 26.2 Å². The third-order valence-electron chi connectivity index (χ3n) is 5.58. The predicted octanol–water partition coefficient (Wildman–Crippen LogP) is 4.25. The molecular weight excluding hydrogens is 352 g/mol. The Balaban J connectivity index is 1.70. The maximum absolute atomic E-state index is 9.98. The van der Waals surface area contributed by atoms with Crippen LogP contribution in [0, 0.1) is 6.92 Å². The molecule has 148 valence electrons. The van der Waals surface area contributed by atoms with E-state index in [2.05, 4.69) is 17.9 Å². The van der Waals surface area contributed by atoms with Crippen molar-refractivity contribution in [3.8, 4) is 22.8 Å². The van der Waals surface area contributed by atoms with Crippen LogP contribution in [0.15, 0.2) is 42.5 Å². The van der Waals surface area contributed by atoms with Gasteiger partial charge in [0.05, 0.1) is 18.3 Å². The second-order valence-corrected chi connectivity index (χ2v) is 7.44. The smallest absolute Gasteiger partial charge is 0.127 e. The van der Waals surface area contributed by atoms with Crippen LogP contribution in [0.2, 0.25) is 0 Å². The van der Waals surface area contributed by atoms with Crippen LogP contribution in [0.1, 0.15) is 24.8 Å². The molecule has 0 unspecified atom stereocenters. The van der Waals surface area contributed by atoms with E-state index in [0.717, 1.165) is 53.1 Å². The predicted molar refractivity (Wildman–Crippen MR) is 112 cm³/mol. The van der Waals surface area contributed by atoms with Gasteiger partial charge in [-0.05, 0) is 68.8 Å². The highest BCUT2D eigenvalue weighted by Crippen LogP contribution is 2.35. The van der Waals surface area contributed by atoms with Crippen LogP contribution in [0.25, 0.3) is 22.2 Å². The van der Waals surface area contributed by atoms with Crippen LogP contribution >= 0.6 is 0 Å². The molecule has 5 nitrogen and oxygen atoms in total. The number of ether oxygens (including phenoxy) is 1. The number of aromatic hydroxyl groups is 1. The molecule has 28 heavy (non-hydrogen) atoms. The Morgan fingerprint density at radius 2 is 1.86 bits per heavy atom. The first-order valence-corrected chi connectivity index (χ1v) is 10.0. The van der Waals surface area contributed by atoms with Gasteiger partial charge in [-0.2, -0.15) is 4.73 Å². The molecule has 0 bridgehead atoms. The molecule has 2 heterocycles. The molecule has 5 heteroatoms. The van der Waals surface area contributed by atoms with Gasteiger partial charge >= 0.3 is 0 Å². The van der Waals surface area contributed by atoms with E-state index in [4.69, 9.17) is 9.57 Å². The fourth-order valence-electron chi connectivity index (χ4n) is 4.08. The lowest BCUT2D eigenvalue weighted by Crippen LogP contribution is -2.34. The molecule has 0 aliphatic carbocycles. The van der Waals surface area contributed by atoms with Crippen molar-refractivity contribution in [1.29, 1.82) is 0 Å². The Labute approximate surface area is 166 Å². The molecule has 3 aromatic rings. The van der Waals surface area contributed by atoms with Crippen LogP contribution in [0.4, 0.5) is 0 Å². The number of hydrogen-bond donors (Lipinski definition) is 1. The highest BCUT2D eigenvalue weighted by Gasteiger charge is 2.19. The van der Waals surface area contributed by atoms with Gasteiger partial charge in [0, 0.05) is 17.5 Å². The number of methoxy groups -OCH3 is 1. The van der Waals surface area contributed by atoms with Crippen LogP contribution in [-0.2, 0) is 0 Å². The number of fused-ring (bicyclic) bond motifs is 1. The summed E-state index contributed by atoms with van der Waals surface area (Å²) >= 11 is 0. The van der Waals surface area contributed by atoms with Crippen molar-refractivity contribution in [3.63, 3.8) is 0 Å². The number of rotatable bonds is 6. The molecule has 0 spiro atoms. The standard InChI is InChI=1S/C23H28N2O3/c1-17-21-16-19(26)9-10-22(21)25(28-14-13-24-11-4-3-5-12-24)23(17)18-7-6-8-20(15-18)27-2/h6-10,15-16,26H,3-5,11-14H2,1-2H3. The summed E-state index contributed by atoms with van der Waals surface area (Å²) in [4.78, 5) is 8.77. The minimum atomic E-state index is 0.262. The third kappa shape index (κ3) is 3.67. The van der Waals surface area contributed by atoms with E-state index in [1.165, 1.54) is 19.3 Å². The number of hydrogen-bond acceptors (Lipinski definition) is 4. The molecule has 1 saturated heterocycles. The number of benzene rings is 2. The highest BCUT2D eigenvalue weighted by molar-refractivity contribution is 5.92. The first-order valence-electron chi connectivity index (χ1n) is 10.0. The number of phenolic OH excluding ortho intramolecular Hbond substituents is 1. The number of aryl methyl sites for hydroxylation is 1. The number of piperidine rings is 1. The first kappa shape index (κ1) is 18.7. The fraction of sp³-hybridized carbons (Fsp3) is 0.391.